The highest BCUT2D eigenvalue weighted by atomic mass is 16.5. The van der Waals surface area contributed by atoms with Crippen LogP contribution in [0.15, 0.2) is 39.5 Å². The van der Waals surface area contributed by atoms with Crippen molar-refractivity contribution in [1.82, 2.24) is 0 Å². The van der Waals surface area contributed by atoms with E-state index in [1.807, 2.05) is 12.1 Å². The van der Waals surface area contributed by atoms with Gasteiger partial charge in [-0.3, -0.25) is 0 Å². The number of para-hydroxylation sites is 1. The van der Waals surface area contributed by atoms with Gasteiger partial charge in [-0.25, -0.2) is 9.59 Å². The van der Waals surface area contributed by atoms with Crippen molar-refractivity contribution in [2.45, 2.75) is 31.8 Å². The molecule has 1 aromatic carbocycles. The molecule has 3 atom stereocenters. The van der Waals surface area contributed by atoms with Crippen molar-refractivity contribution < 1.29 is 13.9 Å². The van der Waals surface area contributed by atoms with Crippen LogP contribution in [-0.4, -0.2) is 12.1 Å². The summed E-state index contributed by atoms with van der Waals surface area (Å²) in [6, 6.07) is 8.72. The number of hydrogen-bond donors (Lipinski definition) is 0. The molecule has 4 heteroatoms. The monoisotopic (exact) mass is 284 g/mol. The first-order valence-corrected chi connectivity index (χ1v) is 7.44. The number of carbonyl (C=O) groups excluding carboxylic acids is 1. The molecule has 4 nitrogen and oxygen atoms in total. The third-order valence-electron chi connectivity index (χ3n) is 4.79. The summed E-state index contributed by atoms with van der Waals surface area (Å²) in [6.07, 6.45) is 4.45. The fraction of sp³-hybridized carbons (Fsp3) is 0.412. The molecule has 21 heavy (non-hydrogen) atoms. The molecule has 2 bridgehead atoms. The van der Waals surface area contributed by atoms with Crippen LogP contribution in [0.1, 0.15) is 36.0 Å². The first kappa shape index (κ1) is 12.6. The molecule has 2 aliphatic carbocycles. The number of fused-ring (bicyclic) bond motifs is 3. The maximum Gasteiger partial charge on any atom is 0.351 e. The van der Waals surface area contributed by atoms with Gasteiger partial charge in [-0.05, 0) is 49.7 Å². The van der Waals surface area contributed by atoms with Gasteiger partial charge in [0.25, 0.3) is 0 Å². The lowest BCUT2D eigenvalue weighted by Crippen LogP contribution is -2.26. The number of esters is 1. The number of ether oxygens (including phenoxy) is 1. The Morgan fingerprint density at radius 3 is 2.81 bits per heavy atom. The zero-order valence-electron chi connectivity index (χ0n) is 11.6. The van der Waals surface area contributed by atoms with Crippen LogP contribution in [-0.2, 0) is 4.74 Å². The molecule has 0 aliphatic heterocycles. The molecule has 0 saturated heterocycles. The SMILES string of the molecule is O=C(O[C@@H]1C[C@H]2CC[C@@H]1C2)c1cc2ccccc2oc1=O. The van der Waals surface area contributed by atoms with Gasteiger partial charge in [-0.2, -0.15) is 0 Å². The van der Waals surface area contributed by atoms with Crippen molar-refractivity contribution >= 4 is 16.9 Å². The molecule has 2 aliphatic rings. The van der Waals surface area contributed by atoms with E-state index in [2.05, 4.69) is 0 Å². The summed E-state index contributed by atoms with van der Waals surface area (Å²) in [4.78, 5) is 24.2. The highest BCUT2D eigenvalue weighted by Gasteiger charge is 2.42. The molecule has 1 heterocycles. The van der Waals surface area contributed by atoms with Gasteiger partial charge in [0, 0.05) is 5.39 Å². The average molecular weight is 284 g/mol. The second kappa shape index (κ2) is 4.72. The highest BCUT2D eigenvalue weighted by molar-refractivity contribution is 5.92. The summed E-state index contributed by atoms with van der Waals surface area (Å²) in [7, 11) is 0. The Bertz CT molecular complexity index is 761. The summed E-state index contributed by atoms with van der Waals surface area (Å²) in [6.45, 7) is 0. The Hall–Kier alpha value is -2.10. The smallest absolute Gasteiger partial charge is 0.351 e. The molecular weight excluding hydrogens is 268 g/mol. The molecule has 0 radical (unpaired) electrons. The lowest BCUT2D eigenvalue weighted by atomic mass is 9.98. The fourth-order valence-electron chi connectivity index (χ4n) is 3.74. The average Bonchev–Trinajstić information content (AvgIpc) is 3.09. The van der Waals surface area contributed by atoms with Gasteiger partial charge in [0.05, 0.1) is 0 Å². The first-order chi connectivity index (χ1) is 10.2. The second-order valence-electron chi connectivity index (χ2n) is 6.10. The predicted octanol–water partition coefficient (Wildman–Crippen LogP) is 3.14. The Balaban J connectivity index is 1.62. The Labute approximate surface area is 121 Å². The van der Waals surface area contributed by atoms with Crippen molar-refractivity contribution in [2.75, 3.05) is 0 Å². The molecule has 2 saturated carbocycles. The molecular formula is C17H16O4. The minimum atomic E-state index is -0.623. The molecule has 1 aromatic heterocycles. The molecule has 0 spiro atoms. The van der Waals surface area contributed by atoms with Gasteiger partial charge in [0.1, 0.15) is 17.3 Å². The van der Waals surface area contributed by atoms with E-state index in [0.717, 1.165) is 24.6 Å². The third-order valence-corrected chi connectivity index (χ3v) is 4.79. The molecule has 4 rings (SSSR count). The van der Waals surface area contributed by atoms with E-state index in [-0.39, 0.29) is 11.7 Å². The van der Waals surface area contributed by atoms with Gasteiger partial charge in [0.2, 0.25) is 0 Å². The largest absolute Gasteiger partial charge is 0.458 e. The van der Waals surface area contributed by atoms with Crippen LogP contribution in [0.25, 0.3) is 11.0 Å². The summed E-state index contributed by atoms with van der Waals surface area (Å²) in [5.74, 6) is 0.624. The third kappa shape index (κ3) is 2.15. The normalized spacial score (nSPS) is 27.1. The minimum absolute atomic E-state index is 0.00327. The lowest BCUT2D eigenvalue weighted by Gasteiger charge is -2.21. The molecule has 108 valence electrons. The van der Waals surface area contributed by atoms with Gasteiger partial charge in [0.15, 0.2) is 0 Å². The van der Waals surface area contributed by atoms with Crippen molar-refractivity contribution in [3.8, 4) is 0 Å². The van der Waals surface area contributed by atoms with Crippen LogP contribution in [0, 0.1) is 11.8 Å². The summed E-state index contributed by atoms with van der Waals surface area (Å²) >= 11 is 0. The quantitative estimate of drug-likeness (QED) is 0.628. The summed E-state index contributed by atoms with van der Waals surface area (Å²) < 4.78 is 10.7. The summed E-state index contributed by atoms with van der Waals surface area (Å²) in [5.41, 5.74) is -0.141. The zero-order valence-corrected chi connectivity index (χ0v) is 11.6. The van der Waals surface area contributed by atoms with Crippen LogP contribution < -0.4 is 5.63 Å². The van der Waals surface area contributed by atoms with Crippen molar-refractivity contribution in [2.24, 2.45) is 11.8 Å². The molecule has 0 unspecified atom stereocenters. The highest BCUT2D eigenvalue weighted by Crippen LogP contribution is 2.46. The molecule has 0 amide bonds. The van der Waals surface area contributed by atoms with E-state index in [4.69, 9.17) is 9.15 Å². The number of benzene rings is 1. The lowest BCUT2D eigenvalue weighted by molar-refractivity contribution is 0.0154. The Kier molecular flexibility index (Phi) is 2.84. The first-order valence-electron chi connectivity index (χ1n) is 7.44. The predicted molar refractivity (Wildman–Crippen MR) is 77.1 cm³/mol. The van der Waals surface area contributed by atoms with Crippen molar-refractivity contribution in [3.05, 3.63) is 46.3 Å². The van der Waals surface area contributed by atoms with Crippen LogP contribution >= 0.6 is 0 Å². The van der Waals surface area contributed by atoms with Crippen LogP contribution in [0.3, 0.4) is 0 Å². The van der Waals surface area contributed by atoms with E-state index in [9.17, 15) is 9.59 Å². The van der Waals surface area contributed by atoms with Crippen molar-refractivity contribution in [3.63, 3.8) is 0 Å². The topological polar surface area (TPSA) is 56.5 Å². The number of carbonyl (C=O) groups is 1. The summed E-state index contributed by atoms with van der Waals surface area (Å²) in [5, 5.41) is 0.733. The van der Waals surface area contributed by atoms with Gasteiger partial charge >= 0.3 is 11.6 Å². The van der Waals surface area contributed by atoms with Gasteiger partial charge < -0.3 is 9.15 Å². The van der Waals surface area contributed by atoms with E-state index in [1.54, 1.807) is 18.2 Å². The maximum atomic E-state index is 12.3. The fourth-order valence-corrected chi connectivity index (χ4v) is 3.74. The van der Waals surface area contributed by atoms with E-state index < -0.39 is 11.6 Å². The Morgan fingerprint density at radius 1 is 1.19 bits per heavy atom. The van der Waals surface area contributed by atoms with Crippen LogP contribution in [0.5, 0.6) is 0 Å². The van der Waals surface area contributed by atoms with E-state index in [0.29, 0.717) is 17.4 Å². The van der Waals surface area contributed by atoms with Crippen LogP contribution in [0.4, 0.5) is 0 Å². The second-order valence-corrected chi connectivity index (χ2v) is 6.10. The molecule has 0 N–H and O–H groups in total. The molecule has 2 aromatic rings. The van der Waals surface area contributed by atoms with E-state index in [1.165, 1.54) is 6.42 Å². The Morgan fingerprint density at radius 2 is 2.05 bits per heavy atom. The standard InChI is InChI=1S/C17H16O4/c18-16-13(9-11-3-1-2-4-14(11)20-16)17(19)21-15-8-10-5-6-12(15)7-10/h1-4,9-10,12,15H,5-8H2/t10-,12+,15+/m0/s1. The molecule has 2 fully saturated rings. The zero-order chi connectivity index (χ0) is 14.4. The maximum absolute atomic E-state index is 12.3. The van der Waals surface area contributed by atoms with Gasteiger partial charge in [-0.15, -0.1) is 0 Å². The minimum Gasteiger partial charge on any atom is -0.458 e. The van der Waals surface area contributed by atoms with E-state index >= 15 is 0 Å². The van der Waals surface area contributed by atoms with Gasteiger partial charge in [-0.1, -0.05) is 18.2 Å². The number of rotatable bonds is 2. The van der Waals surface area contributed by atoms with Crippen molar-refractivity contribution in [1.29, 1.82) is 0 Å². The van der Waals surface area contributed by atoms with Crippen LogP contribution in [0.2, 0.25) is 0 Å². The number of hydrogen-bond acceptors (Lipinski definition) is 4.